The highest BCUT2D eigenvalue weighted by molar-refractivity contribution is 5.94. The third-order valence-corrected chi connectivity index (χ3v) is 2.92. The van der Waals surface area contributed by atoms with E-state index >= 15 is 0 Å². The van der Waals surface area contributed by atoms with E-state index in [0.29, 0.717) is 5.70 Å². The average molecular weight is 283 g/mol. The summed E-state index contributed by atoms with van der Waals surface area (Å²) in [7, 11) is 2.98. The van der Waals surface area contributed by atoms with Gasteiger partial charge in [-0.2, -0.15) is 0 Å². The third-order valence-electron chi connectivity index (χ3n) is 2.92. The quantitative estimate of drug-likeness (QED) is 0.675. The van der Waals surface area contributed by atoms with E-state index in [-0.39, 0.29) is 0 Å². The maximum Gasteiger partial charge on any atom is 0.332 e. The lowest BCUT2D eigenvalue weighted by Gasteiger charge is -2.11. The summed E-state index contributed by atoms with van der Waals surface area (Å²) in [4.78, 5) is 11.5. The molecule has 0 saturated carbocycles. The van der Waals surface area contributed by atoms with Gasteiger partial charge >= 0.3 is 5.97 Å². The van der Waals surface area contributed by atoms with Crippen LogP contribution < -0.4 is 10.1 Å². The summed E-state index contributed by atoms with van der Waals surface area (Å²) >= 11 is 0. The summed E-state index contributed by atoms with van der Waals surface area (Å²) < 4.78 is 9.83. The van der Waals surface area contributed by atoms with Gasteiger partial charge in [0, 0.05) is 11.8 Å². The standard InChI is InChI=1S/C17H17NO3/c1-20-15-10-8-14(9-11-15)18-16(12-17(19)21-2)13-6-4-3-5-7-13/h3-12,18H,1-2H3/b16-12-. The van der Waals surface area contributed by atoms with Crippen LogP contribution in [0.1, 0.15) is 5.56 Å². The molecule has 4 heteroatoms. The fourth-order valence-electron chi connectivity index (χ4n) is 1.82. The molecule has 0 radical (unpaired) electrons. The molecule has 0 amide bonds. The first-order chi connectivity index (χ1) is 10.2. The van der Waals surface area contributed by atoms with Crippen molar-refractivity contribution in [3.8, 4) is 5.75 Å². The van der Waals surface area contributed by atoms with E-state index in [1.807, 2.05) is 54.6 Å². The number of nitrogens with one attached hydrogen (secondary N) is 1. The highest BCUT2D eigenvalue weighted by Crippen LogP contribution is 2.21. The lowest BCUT2D eigenvalue weighted by molar-refractivity contribution is -0.134. The first-order valence-electron chi connectivity index (χ1n) is 6.49. The Labute approximate surface area is 124 Å². The molecule has 0 aliphatic rings. The smallest absolute Gasteiger partial charge is 0.332 e. The van der Waals surface area contributed by atoms with Crippen LogP contribution in [-0.4, -0.2) is 20.2 Å². The number of benzene rings is 2. The third kappa shape index (κ3) is 4.11. The summed E-state index contributed by atoms with van der Waals surface area (Å²) in [5.41, 5.74) is 2.43. The molecule has 21 heavy (non-hydrogen) atoms. The largest absolute Gasteiger partial charge is 0.497 e. The van der Waals surface area contributed by atoms with Gasteiger partial charge in [0.05, 0.1) is 19.9 Å². The second-order valence-electron chi connectivity index (χ2n) is 4.30. The summed E-state index contributed by atoms with van der Waals surface area (Å²) in [6.07, 6.45) is 1.43. The SMILES string of the molecule is COC(=O)/C=C(\Nc1ccc(OC)cc1)c1ccccc1. The fraction of sp³-hybridized carbons (Fsp3) is 0.118. The molecule has 0 heterocycles. The minimum atomic E-state index is -0.408. The first kappa shape index (κ1) is 14.7. The van der Waals surface area contributed by atoms with Crippen LogP contribution in [0.15, 0.2) is 60.7 Å². The Morgan fingerprint density at radius 1 is 1.00 bits per heavy atom. The molecule has 0 aromatic heterocycles. The molecule has 1 N–H and O–H groups in total. The Kier molecular flexibility index (Phi) is 4.99. The maximum atomic E-state index is 11.5. The molecule has 0 atom stereocenters. The predicted molar refractivity (Wildman–Crippen MR) is 83.1 cm³/mol. The molecular weight excluding hydrogens is 266 g/mol. The number of methoxy groups -OCH3 is 2. The number of carbonyl (C=O) groups is 1. The van der Waals surface area contributed by atoms with Gasteiger partial charge in [0.25, 0.3) is 0 Å². The molecule has 0 unspecified atom stereocenters. The van der Waals surface area contributed by atoms with Crippen molar-refractivity contribution in [2.75, 3.05) is 19.5 Å². The van der Waals surface area contributed by atoms with E-state index in [9.17, 15) is 4.79 Å². The molecule has 2 aromatic carbocycles. The van der Waals surface area contributed by atoms with E-state index in [4.69, 9.17) is 9.47 Å². The van der Waals surface area contributed by atoms with Gasteiger partial charge in [-0.05, 0) is 29.8 Å². The van der Waals surface area contributed by atoms with Gasteiger partial charge in [-0.25, -0.2) is 4.79 Å². The Balaban J connectivity index is 2.27. The molecule has 0 fully saturated rings. The van der Waals surface area contributed by atoms with Crippen LogP contribution in [0.5, 0.6) is 5.75 Å². The average Bonchev–Trinajstić information content (AvgIpc) is 2.55. The first-order valence-corrected chi connectivity index (χ1v) is 6.49. The van der Waals surface area contributed by atoms with Crippen LogP contribution in [0, 0.1) is 0 Å². The zero-order valence-corrected chi connectivity index (χ0v) is 12.0. The van der Waals surface area contributed by atoms with Gasteiger partial charge in [-0.3, -0.25) is 0 Å². The molecular formula is C17H17NO3. The van der Waals surface area contributed by atoms with E-state index in [1.165, 1.54) is 13.2 Å². The number of carbonyl (C=O) groups excluding carboxylic acids is 1. The lowest BCUT2D eigenvalue weighted by atomic mass is 10.1. The normalized spacial score (nSPS) is 10.9. The number of rotatable bonds is 5. The Bertz CT molecular complexity index is 618. The van der Waals surface area contributed by atoms with Crippen molar-refractivity contribution in [2.24, 2.45) is 0 Å². The topological polar surface area (TPSA) is 47.6 Å². The van der Waals surface area contributed by atoms with E-state index in [0.717, 1.165) is 17.0 Å². The molecule has 4 nitrogen and oxygen atoms in total. The fourth-order valence-corrected chi connectivity index (χ4v) is 1.82. The van der Waals surface area contributed by atoms with Crippen LogP contribution in [0.25, 0.3) is 5.70 Å². The van der Waals surface area contributed by atoms with Gasteiger partial charge in [-0.15, -0.1) is 0 Å². The minimum Gasteiger partial charge on any atom is -0.497 e. The number of hydrogen-bond acceptors (Lipinski definition) is 4. The number of hydrogen-bond donors (Lipinski definition) is 1. The molecule has 2 aromatic rings. The summed E-state index contributed by atoms with van der Waals surface area (Å²) in [6, 6.07) is 17.1. The van der Waals surface area contributed by atoms with Crippen molar-refractivity contribution < 1.29 is 14.3 Å². The van der Waals surface area contributed by atoms with E-state index < -0.39 is 5.97 Å². The van der Waals surface area contributed by atoms with Gasteiger partial charge in [0.2, 0.25) is 0 Å². The predicted octanol–water partition coefficient (Wildman–Crippen LogP) is 3.32. The van der Waals surface area contributed by atoms with Crippen molar-refractivity contribution in [1.29, 1.82) is 0 Å². The van der Waals surface area contributed by atoms with Crippen LogP contribution in [0.2, 0.25) is 0 Å². The molecule has 0 aliphatic carbocycles. The number of esters is 1. The zero-order chi connectivity index (χ0) is 15.1. The van der Waals surface area contributed by atoms with Gasteiger partial charge in [0.15, 0.2) is 0 Å². The van der Waals surface area contributed by atoms with Crippen LogP contribution in [-0.2, 0) is 9.53 Å². The van der Waals surface area contributed by atoms with Crippen LogP contribution in [0.4, 0.5) is 5.69 Å². The zero-order valence-electron chi connectivity index (χ0n) is 12.0. The molecule has 108 valence electrons. The van der Waals surface area contributed by atoms with Crippen molar-refractivity contribution >= 4 is 17.4 Å². The minimum absolute atomic E-state index is 0.408. The Morgan fingerprint density at radius 2 is 1.67 bits per heavy atom. The monoisotopic (exact) mass is 283 g/mol. The van der Waals surface area contributed by atoms with E-state index in [1.54, 1.807) is 7.11 Å². The van der Waals surface area contributed by atoms with Gasteiger partial charge in [-0.1, -0.05) is 30.3 Å². The molecule has 2 rings (SSSR count). The van der Waals surface area contributed by atoms with E-state index in [2.05, 4.69) is 5.32 Å². The lowest BCUT2D eigenvalue weighted by Crippen LogP contribution is -2.04. The second-order valence-corrected chi connectivity index (χ2v) is 4.30. The summed E-state index contributed by atoms with van der Waals surface area (Å²) in [5.74, 6) is 0.369. The Morgan fingerprint density at radius 3 is 2.24 bits per heavy atom. The number of ether oxygens (including phenoxy) is 2. The van der Waals surface area contributed by atoms with Crippen molar-refractivity contribution in [1.82, 2.24) is 0 Å². The van der Waals surface area contributed by atoms with Crippen LogP contribution >= 0.6 is 0 Å². The van der Waals surface area contributed by atoms with Gasteiger partial charge in [0.1, 0.15) is 5.75 Å². The highest BCUT2D eigenvalue weighted by Gasteiger charge is 2.05. The van der Waals surface area contributed by atoms with Gasteiger partial charge < -0.3 is 14.8 Å². The summed E-state index contributed by atoms with van der Waals surface area (Å²) in [5, 5.41) is 3.22. The summed E-state index contributed by atoms with van der Waals surface area (Å²) in [6.45, 7) is 0. The number of anilines is 1. The molecule has 0 saturated heterocycles. The molecule has 0 bridgehead atoms. The molecule has 0 spiro atoms. The maximum absolute atomic E-state index is 11.5. The van der Waals surface area contributed by atoms with Crippen molar-refractivity contribution in [3.63, 3.8) is 0 Å². The Hall–Kier alpha value is -2.75. The van der Waals surface area contributed by atoms with Crippen molar-refractivity contribution in [2.45, 2.75) is 0 Å². The second kappa shape index (κ2) is 7.14. The van der Waals surface area contributed by atoms with Crippen molar-refractivity contribution in [3.05, 3.63) is 66.2 Å². The molecule has 0 aliphatic heterocycles. The van der Waals surface area contributed by atoms with Crippen LogP contribution in [0.3, 0.4) is 0 Å². The highest BCUT2D eigenvalue weighted by atomic mass is 16.5.